The maximum absolute atomic E-state index is 11.1. The fraction of sp³-hybridized carbons (Fsp3) is 0.333. The van der Waals surface area contributed by atoms with Crippen LogP contribution in [-0.2, 0) is 9.47 Å². The van der Waals surface area contributed by atoms with Crippen molar-refractivity contribution >= 4 is 22.7 Å². The molecule has 0 aliphatic heterocycles. The summed E-state index contributed by atoms with van der Waals surface area (Å²) in [6.45, 7) is 1.73. The first-order chi connectivity index (χ1) is 16.6. The van der Waals surface area contributed by atoms with Crippen LogP contribution < -0.4 is 4.74 Å². The number of rotatable bonds is 13. The lowest BCUT2D eigenvalue weighted by Gasteiger charge is -2.07. The van der Waals surface area contributed by atoms with Gasteiger partial charge in [-0.3, -0.25) is 40.5 Å². The predicted molar refractivity (Wildman–Crippen MR) is 115 cm³/mol. The summed E-state index contributed by atoms with van der Waals surface area (Å²) in [7, 11) is 0. The molecule has 2 N–H and O–H groups in total. The van der Waals surface area contributed by atoms with Crippen LogP contribution in [0.4, 0.5) is 22.7 Å². The van der Waals surface area contributed by atoms with Crippen molar-refractivity contribution in [3.8, 4) is 11.5 Å². The number of nitrogens with zero attached hydrogens (tertiary/aromatic N) is 4. The van der Waals surface area contributed by atoms with Gasteiger partial charge in [0.05, 0.1) is 59.3 Å². The van der Waals surface area contributed by atoms with Gasteiger partial charge in [-0.15, -0.1) is 0 Å². The molecule has 17 nitrogen and oxygen atoms in total. The fourth-order valence-corrected chi connectivity index (χ4v) is 2.42. The average Bonchev–Trinajstić information content (AvgIpc) is 2.81. The maximum Gasteiger partial charge on any atom is 0.387 e. The Kier molecular flexibility index (Phi) is 12.1. The van der Waals surface area contributed by atoms with Gasteiger partial charge in [0.15, 0.2) is 0 Å². The second kappa shape index (κ2) is 14.8. The SMILES string of the molecule is O=[N+]([O-])c1cccc(Oc2cccc([N+](=O)[O-])c2[N+](=O)[O-])c1[N+](=O)[O-].OCCOCCOCCO. The van der Waals surface area contributed by atoms with Crippen molar-refractivity contribution in [2.24, 2.45) is 0 Å². The molecule has 0 bridgehead atoms. The normalized spacial score (nSPS) is 10.1. The van der Waals surface area contributed by atoms with Gasteiger partial charge in [0.1, 0.15) is 0 Å². The zero-order valence-electron chi connectivity index (χ0n) is 17.9. The molecular formula is C18H20N4O13. The van der Waals surface area contributed by atoms with Gasteiger partial charge in [-0.1, -0.05) is 12.1 Å². The van der Waals surface area contributed by atoms with Crippen molar-refractivity contribution in [3.63, 3.8) is 0 Å². The third-order valence-electron chi connectivity index (χ3n) is 3.78. The zero-order valence-corrected chi connectivity index (χ0v) is 17.9. The molecule has 0 saturated heterocycles. The van der Waals surface area contributed by atoms with E-state index >= 15 is 0 Å². The molecule has 0 aromatic heterocycles. The number of aliphatic hydroxyl groups is 2. The Morgan fingerprint density at radius 2 is 0.971 bits per heavy atom. The first-order valence-electron chi connectivity index (χ1n) is 9.54. The van der Waals surface area contributed by atoms with Crippen LogP contribution in [0.3, 0.4) is 0 Å². The molecular weight excluding hydrogens is 480 g/mol. The number of nitro groups is 4. The predicted octanol–water partition coefficient (Wildman–Crippen LogP) is 2.12. The molecule has 2 aromatic rings. The van der Waals surface area contributed by atoms with Crippen molar-refractivity contribution in [3.05, 3.63) is 76.9 Å². The van der Waals surface area contributed by atoms with E-state index in [0.29, 0.717) is 26.4 Å². The van der Waals surface area contributed by atoms with Crippen molar-refractivity contribution in [2.45, 2.75) is 0 Å². The second-order valence-corrected chi connectivity index (χ2v) is 6.05. The highest BCUT2D eigenvalue weighted by Crippen LogP contribution is 2.43. The topological polar surface area (TPSA) is 241 Å². The number of hydrogen-bond donors (Lipinski definition) is 2. The number of ether oxygens (including phenoxy) is 3. The molecule has 2 aromatic carbocycles. The minimum absolute atomic E-state index is 0.0417. The summed E-state index contributed by atoms with van der Waals surface area (Å²) < 4.78 is 14.8. The van der Waals surface area contributed by atoms with E-state index in [-0.39, 0.29) is 13.2 Å². The van der Waals surface area contributed by atoms with E-state index in [1.54, 1.807) is 0 Å². The van der Waals surface area contributed by atoms with Gasteiger partial charge in [0.25, 0.3) is 0 Å². The first kappa shape index (κ1) is 28.7. The van der Waals surface area contributed by atoms with Gasteiger partial charge in [0.2, 0.25) is 11.5 Å². The summed E-state index contributed by atoms with van der Waals surface area (Å²) >= 11 is 0. The van der Waals surface area contributed by atoms with E-state index in [9.17, 15) is 40.5 Å². The lowest BCUT2D eigenvalue weighted by Crippen LogP contribution is -2.09. The smallest absolute Gasteiger partial charge is 0.387 e. The molecule has 0 spiro atoms. The molecule has 190 valence electrons. The Morgan fingerprint density at radius 1 is 0.600 bits per heavy atom. The zero-order chi connectivity index (χ0) is 26.4. The summed E-state index contributed by atoms with van der Waals surface area (Å²) in [6, 6.07) is 5.81. The molecule has 0 saturated carbocycles. The van der Waals surface area contributed by atoms with Crippen LogP contribution >= 0.6 is 0 Å². The molecule has 0 aliphatic rings. The van der Waals surface area contributed by atoms with E-state index in [1.165, 1.54) is 0 Å². The molecule has 0 atom stereocenters. The van der Waals surface area contributed by atoms with Crippen LogP contribution in [0.1, 0.15) is 0 Å². The monoisotopic (exact) mass is 500 g/mol. The average molecular weight is 500 g/mol. The third-order valence-corrected chi connectivity index (χ3v) is 3.78. The van der Waals surface area contributed by atoms with Gasteiger partial charge < -0.3 is 24.4 Å². The molecule has 2 rings (SSSR count). The number of nitro benzene ring substituents is 4. The van der Waals surface area contributed by atoms with Crippen molar-refractivity contribution in [2.75, 3.05) is 39.6 Å². The Balaban J connectivity index is 0.000000518. The quantitative estimate of drug-likeness (QED) is 0.228. The van der Waals surface area contributed by atoms with Gasteiger partial charge in [-0.2, -0.15) is 0 Å². The second-order valence-electron chi connectivity index (χ2n) is 6.05. The molecule has 0 heterocycles. The molecule has 17 heteroatoms. The standard InChI is InChI=1S/C12H6N4O9.C6H14O4/c17-13(18)7-3-1-5-9(11(7)15(21)22)25-10-6-2-4-8(14(19)20)12(10)16(23)24;7-1-3-9-5-6-10-4-2-8/h1-6H;7-8H,1-6H2. The van der Waals surface area contributed by atoms with Crippen molar-refractivity contribution in [1.29, 1.82) is 0 Å². The molecule has 0 unspecified atom stereocenters. The van der Waals surface area contributed by atoms with Crippen LogP contribution in [0, 0.1) is 40.5 Å². The van der Waals surface area contributed by atoms with Crippen LogP contribution in [0.5, 0.6) is 11.5 Å². The lowest BCUT2D eigenvalue weighted by molar-refractivity contribution is -0.424. The Labute approximate surface area is 195 Å². The van der Waals surface area contributed by atoms with E-state index in [2.05, 4.69) is 0 Å². The summed E-state index contributed by atoms with van der Waals surface area (Å²) in [5.74, 6) is -1.33. The van der Waals surface area contributed by atoms with Crippen LogP contribution in [-0.4, -0.2) is 69.5 Å². The molecule has 0 radical (unpaired) electrons. The Bertz CT molecular complexity index is 966. The minimum Gasteiger partial charge on any atom is -0.442 e. The number of aliphatic hydroxyl groups excluding tert-OH is 2. The van der Waals surface area contributed by atoms with E-state index < -0.39 is 53.9 Å². The minimum atomic E-state index is -1.09. The highest BCUT2D eigenvalue weighted by molar-refractivity contribution is 5.66. The molecule has 0 amide bonds. The summed E-state index contributed by atoms with van der Waals surface area (Å²) in [4.78, 5) is 39.8. The lowest BCUT2D eigenvalue weighted by atomic mass is 10.2. The Hall–Kier alpha value is -4.32. The van der Waals surface area contributed by atoms with Crippen LogP contribution in [0.25, 0.3) is 0 Å². The summed E-state index contributed by atoms with van der Waals surface area (Å²) in [5.41, 5.74) is -3.85. The van der Waals surface area contributed by atoms with E-state index in [0.717, 1.165) is 36.4 Å². The summed E-state index contributed by atoms with van der Waals surface area (Å²) in [5, 5.41) is 60.5. The van der Waals surface area contributed by atoms with Gasteiger partial charge in [-0.25, -0.2) is 0 Å². The van der Waals surface area contributed by atoms with E-state index in [4.69, 9.17) is 24.4 Å². The molecule has 0 aliphatic carbocycles. The number of para-hydroxylation sites is 2. The fourth-order valence-electron chi connectivity index (χ4n) is 2.42. The van der Waals surface area contributed by atoms with Gasteiger partial charge >= 0.3 is 22.7 Å². The van der Waals surface area contributed by atoms with Crippen LogP contribution in [0.2, 0.25) is 0 Å². The van der Waals surface area contributed by atoms with Crippen molar-refractivity contribution < 1.29 is 44.1 Å². The maximum atomic E-state index is 11.1. The van der Waals surface area contributed by atoms with Gasteiger partial charge in [-0.05, 0) is 12.1 Å². The van der Waals surface area contributed by atoms with Gasteiger partial charge in [0, 0.05) is 12.1 Å². The van der Waals surface area contributed by atoms with E-state index in [1.807, 2.05) is 0 Å². The molecule has 0 fully saturated rings. The Morgan fingerprint density at radius 3 is 1.26 bits per heavy atom. The van der Waals surface area contributed by atoms with Crippen molar-refractivity contribution in [1.82, 2.24) is 0 Å². The highest BCUT2D eigenvalue weighted by Gasteiger charge is 2.34. The first-order valence-corrected chi connectivity index (χ1v) is 9.54. The number of hydrogen-bond acceptors (Lipinski definition) is 13. The third kappa shape index (κ3) is 8.85. The van der Waals surface area contributed by atoms with Crippen LogP contribution in [0.15, 0.2) is 36.4 Å². The molecule has 35 heavy (non-hydrogen) atoms. The number of benzene rings is 2. The largest absolute Gasteiger partial charge is 0.442 e. The summed E-state index contributed by atoms with van der Waals surface area (Å²) in [6.07, 6.45) is 0. The highest BCUT2D eigenvalue weighted by atomic mass is 16.7.